The van der Waals surface area contributed by atoms with Crippen LogP contribution in [0.15, 0.2) is 24.3 Å². The van der Waals surface area contributed by atoms with Crippen LogP contribution in [0.5, 0.6) is 5.75 Å². The van der Waals surface area contributed by atoms with E-state index in [4.69, 9.17) is 4.74 Å². The van der Waals surface area contributed by atoms with Gasteiger partial charge in [0.2, 0.25) is 0 Å². The molecule has 0 spiro atoms. The van der Waals surface area contributed by atoms with Gasteiger partial charge in [0.1, 0.15) is 5.75 Å². The molecule has 1 aromatic carbocycles. The molecule has 0 aromatic heterocycles. The van der Waals surface area contributed by atoms with Crippen LogP contribution in [0.1, 0.15) is 32.3 Å². The maximum Gasteiger partial charge on any atom is 0.123 e. The summed E-state index contributed by atoms with van der Waals surface area (Å²) in [6.07, 6.45) is 2.32. The molecule has 1 aliphatic rings. The van der Waals surface area contributed by atoms with Gasteiger partial charge in [0.25, 0.3) is 0 Å². The molecule has 1 aliphatic carbocycles. The van der Waals surface area contributed by atoms with Crippen molar-refractivity contribution in [2.24, 2.45) is 11.8 Å². The molecule has 2 N–H and O–H groups in total. The maximum absolute atomic E-state index is 9.76. The molecule has 1 aromatic rings. The summed E-state index contributed by atoms with van der Waals surface area (Å²) in [4.78, 5) is 0. The van der Waals surface area contributed by atoms with Crippen molar-refractivity contribution in [1.82, 2.24) is 5.32 Å². The minimum atomic E-state index is -0.292. The molecule has 19 heavy (non-hydrogen) atoms. The Morgan fingerprint density at radius 3 is 2.74 bits per heavy atom. The zero-order chi connectivity index (χ0) is 13.7. The Kier molecular flexibility index (Phi) is 5.23. The first kappa shape index (κ1) is 14.4. The Morgan fingerprint density at radius 2 is 2.05 bits per heavy atom. The predicted molar refractivity (Wildman–Crippen MR) is 77.2 cm³/mol. The molecule has 1 unspecified atom stereocenters. The second-order valence-corrected chi connectivity index (χ2v) is 5.80. The summed E-state index contributed by atoms with van der Waals surface area (Å²) in [6.45, 7) is 6.25. The van der Waals surface area contributed by atoms with Crippen molar-refractivity contribution in [3.63, 3.8) is 0 Å². The molecule has 1 saturated carbocycles. The van der Waals surface area contributed by atoms with Crippen molar-refractivity contribution in [3.05, 3.63) is 29.8 Å². The number of hydrogen-bond acceptors (Lipinski definition) is 3. The van der Waals surface area contributed by atoms with Gasteiger partial charge in [0, 0.05) is 18.7 Å². The second kappa shape index (κ2) is 6.92. The summed E-state index contributed by atoms with van der Waals surface area (Å²) in [7, 11) is 0. The van der Waals surface area contributed by atoms with Gasteiger partial charge in [0.05, 0.1) is 12.7 Å². The first-order valence-electron chi connectivity index (χ1n) is 7.26. The summed E-state index contributed by atoms with van der Waals surface area (Å²) in [5.41, 5.74) is 1.17. The molecule has 0 saturated heterocycles. The van der Waals surface area contributed by atoms with Crippen LogP contribution in [0.2, 0.25) is 0 Å². The predicted octanol–water partition coefficient (Wildman–Crippen LogP) is 2.58. The molecule has 0 heterocycles. The van der Waals surface area contributed by atoms with Gasteiger partial charge in [-0.25, -0.2) is 0 Å². The lowest BCUT2D eigenvalue weighted by Crippen LogP contribution is -2.30. The molecule has 0 aliphatic heterocycles. The minimum absolute atomic E-state index is 0.286. The van der Waals surface area contributed by atoms with E-state index in [-0.39, 0.29) is 12.0 Å². The topological polar surface area (TPSA) is 41.5 Å². The number of para-hydroxylation sites is 1. The average Bonchev–Trinajstić information content (AvgIpc) is 3.21. The second-order valence-electron chi connectivity index (χ2n) is 5.80. The average molecular weight is 263 g/mol. The maximum atomic E-state index is 9.76. The highest BCUT2D eigenvalue weighted by atomic mass is 16.5. The number of rotatable bonds is 8. The number of aliphatic hydroxyl groups is 1. The zero-order valence-electron chi connectivity index (χ0n) is 11.9. The molecule has 106 valence electrons. The first-order valence-corrected chi connectivity index (χ1v) is 7.26. The van der Waals surface area contributed by atoms with E-state index >= 15 is 0 Å². The quantitative estimate of drug-likeness (QED) is 0.757. The van der Waals surface area contributed by atoms with Gasteiger partial charge >= 0.3 is 0 Å². The Labute approximate surface area is 116 Å². The van der Waals surface area contributed by atoms with Gasteiger partial charge in [-0.15, -0.1) is 0 Å². The van der Waals surface area contributed by atoms with Crippen LogP contribution in [0, 0.1) is 11.8 Å². The monoisotopic (exact) mass is 263 g/mol. The number of ether oxygens (including phenoxy) is 1. The van der Waals surface area contributed by atoms with Gasteiger partial charge in [-0.05, 0) is 30.7 Å². The third-order valence-corrected chi connectivity index (χ3v) is 3.58. The van der Waals surface area contributed by atoms with Crippen LogP contribution in [-0.2, 0) is 6.54 Å². The van der Waals surface area contributed by atoms with Crippen molar-refractivity contribution >= 4 is 0 Å². The zero-order valence-corrected chi connectivity index (χ0v) is 11.9. The molecule has 0 amide bonds. The van der Waals surface area contributed by atoms with Crippen molar-refractivity contribution in [2.45, 2.75) is 39.3 Å². The molecule has 3 heteroatoms. The van der Waals surface area contributed by atoms with Crippen molar-refractivity contribution in [2.75, 3.05) is 13.2 Å². The van der Waals surface area contributed by atoms with Crippen LogP contribution in [0.4, 0.5) is 0 Å². The first-order chi connectivity index (χ1) is 9.16. The third kappa shape index (κ3) is 4.84. The minimum Gasteiger partial charge on any atom is -0.493 e. The van der Waals surface area contributed by atoms with Gasteiger partial charge < -0.3 is 15.2 Å². The summed E-state index contributed by atoms with van der Waals surface area (Å²) in [6, 6.07) is 8.14. The molecule has 1 fully saturated rings. The Balaban J connectivity index is 1.80. The molecule has 0 radical (unpaired) electrons. The molecule has 2 rings (SSSR count). The Bertz CT molecular complexity index is 388. The normalized spacial score (nSPS) is 16.6. The number of aliphatic hydroxyl groups excluding tert-OH is 1. The number of benzene rings is 1. The molecular weight excluding hydrogens is 238 g/mol. The standard InChI is InChI=1S/C16H25NO2/c1-12(2)15(18)10-17-9-14-5-3-4-6-16(14)19-11-13-7-8-13/h3-6,12-13,15,17-18H,7-11H2,1-2H3. The van der Waals surface area contributed by atoms with Crippen molar-refractivity contribution in [3.8, 4) is 5.75 Å². The fourth-order valence-electron chi connectivity index (χ4n) is 1.87. The van der Waals surface area contributed by atoms with E-state index in [1.54, 1.807) is 0 Å². The van der Waals surface area contributed by atoms with Crippen LogP contribution in [0.3, 0.4) is 0 Å². The summed E-state index contributed by atoms with van der Waals surface area (Å²) in [5, 5.41) is 13.1. The lowest BCUT2D eigenvalue weighted by molar-refractivity contribution is 0.123. The fraction of sp³-hybridized carbons (Fsp3) is 0.625. The lowest BCUT2D eigenvalue weighted by atomic mass is 10.1. The summed E-state index contributed by atoms with van der Waals surface area (Å²) < 4.78 is 5.86. The largest absolute Gasteiger partial charge is 0.493 e. The van der Waals surface area contributed by atoms with E-state index in [1.165, 1.54) is 18.4 Å². The number of hydrogen-bond donors (Lipinski definition) is 2. The van der Waals surface area contributed by atoms with E-state index in [0.717, 1.165) is 24.8 Å². The van der Waals surface area contributed by atoms with Gasteiger partial charge in [-0.1, -0.05) is 32.0 Å². The van der Waals surface area contributed by atoms with Crippen molar-refractivity contribution < 1.29 is 9.84 Å². The highest BCUT2D eigenvalue weighted by Gasteiger charge is 2.22. The number of nitrogens with one attached hydrogen (secondary N) is 1. The van der Waals surface area contributed by atoms with E-state index < -0.39 is 0 Å². The molecule has 1 atom stereocenters. The van der Waals surface area contributed by atoms with E-state index in [2.05, 4.69) is 11.4 Å². The Hall–Kier alpha value is -1.06. The van der Waals surface area contributed by atoms with Crippen molar-refractivity contribution in [1.29, 1.82) is 0 Å². The molecule has 3 nitrogen and oxygen atoms in total. The van der Waals surface area contributed by atoms with Gasteiger partial charge in [-0.2, -0.15) is 0 Å². The fourth-order valence-corrected chi connectivity index (χ4v) is 1.87. The van der Waals surface area contributed by atoms with Crippen LogP contribution < -0.4 is 10.1 Å². The summed E-state index contributed by atoms with van der Waals surface area (Å²) >= 11 is 0. The van der Waals surface area contributed by atoms with Crippen LogP contribution in [-0.4, -0.2) is 24.4 Å². The highest BCUT2D eigenvalue weighted by molar-refractivity contribution is 5.33. The molecular formula is C16H25NO2. The van der Waals surface area contributed by atoms with Gasteiger partial charge in [0.15, 0.2) is 0 Å². The highest BCUT2D eigenvalue weighted by Crippen LogP contribution is 2.30. The SMILES string of the molecule is CC(C)C(O)CNCc1ccccc1OCC1CC1. The molecule has 0 bridgehead atoms. The van der Waals surface area contributed by atoms with E-state index in [1.807, 2.05) is 32.0 Å². The smallest absolute Gasteiger partial charge is 0.123 e. The van der Waals surface area contributed by atoms with E-state index in [0.29, 0.717) is 6.54 Å². The third-order valence-electron chi connectivity index (χ3n) is 3.58. The van der Waals surface area contributed by atoms with E-state index in [9.17, 15) is 5.11 Å². The van der Waals surface area contributed by atoms with Gasteiger partial charge in [-0.3, -0.25) is 0 Å². The summed E-state index contributed by atoms with van der Waals surface area (Å²) in [5.74, 6) is 2.03. The van der Waals surface area contributed by atoms with Crippen LogP contribution >= 0.6 is 0 Å². The Morgan fingerprint density at radius 1 is 1.32 bits per heavy atom. The lowest BCUT2D eigenvalue weighted by Gasteiger charge is -2.16. The van der Waals surface area contributed by atoms with Crippen LogP contribution in [0.25, 0.3) is 0 Å².